The van der Waals surface area contributed by atoms with Crippen molar-refractivity contribution < 1.29 is 5.21 Å². The second-order valence-electron chi connectivity index (χ2n) is 5.12. The third-order valence-electron chi connectivity index (χ3n) is 4.65. The minimum absolute atomic E-state index is 0.133. The molecule has 0 aromatic heterocycles. The summed E-state index contributed by atoms with van der Waals surface area (Å²) in [4.78, 5) is 0.361. The number of hydrogen-bond acceptors (Lipinski definition) is 2. The second-order valence-corrected chi connectivity index (χ2v) is 6.22. The molecule has 0 aromatic carbocycles. The van der Waals surface area contributed by atoms with Gasteiger partial charge in [0.15, 0.2) is 0 Å². The van der Waals surface area contributed by atoms with Crippen LogP contribution in [0.5, 0.6) is 0 Å². The summed E-state index contributed by atoms with van der Waals surface area (Å²) in [5.74, 6) is 1.11. The van der Waals surface area contributed by atoms with E-state index in [0.717, 1.165) is 12.8 Å². The second kappa shape index (κ2) is 2.87. The molecule has 0 aromatic rings. The first-order chi connectivity index (χ1) is 6.46. The Morgan fingerprint density at radius 2 is 2.21 bits per heavy atom. The van der Waals surface area contributed by atoms with Gasteiger partial charge in [-0.1, -0.05) is 34.9 Å². The van der Waals surface area contributed by atoms with Crippen LogP contribution in [-0.2, 0) is 0 Å². The van der Waals surface area contributed by atoms with Crippen LogP contribution >= 0.6 is 15.9 Å². The van der Waals surface area contributed by atoms with Crippen molar-refractivity contribution in [1.29, 1.82) is 0 Å². The van der Waals surface area contributed by atoms with Gasteiger partial charge in [-0.15, -0.1) is 0 Å². The molecule has 2 aliphatic rings. The molecule has 2 aliphatic carbocycles. The van der Waals surface area contributed by atoms with Crippen LogP contribution in [0.15, 0.2) is 5.16 Å². The quantitative estimate of drug-likeness (QED) is 0.250. The van der Waals surface area contributed by atoms with Crippen molar-refractivity contribution in [2.45, 2.75) is 37.9 Å². The molecule has 2 unspecified atom stereocenters. The number of nitrogens with two attached hydrogens (primary N) is 1. The molecule has 2 rings (SSSR count). The Bertz CT molecular complexity index is 290. The van der Waals surface area contributed by atoms with Crippen LogP contribution in [0.25, 0.3) is 0 Å². The molecule has 14 heavy (non-hydrogen) atoms. The topological polar surface area (TPSA) is 58.6 Å². The number of oxime groups is 1. The summed E-state index contributed by atoms with van der Waals surface area (Å²) in [6, 6.07) is 0. The van der Waals surface area contributed by atoms with Gasteiger partial charge < -0.3 is 10.9 Å². The smallest absolute Gasteiger partial charge is 0.147 e. The molecule has 0 amide bonds. The Morgan fingerprint density at radius 3 is 2.57 bits per heavy atom. The monoisotopic (exact) mass is 260 g/mol. The molecule has 2 fully saturated rings. The van der Waals surface area contributed by atoms with E-state index in [0.29, 0.717) is 16.6 Å². The third-order valence-corrected chi connectivity index (χ3v) is 5.80. The van der Waals surface area contributed by atoms with Crippen molar-refractivity contribution in [2.75, 3.05) is 0 Å². The van der Waals surface area contributed by atoms with Crippen molar-refractivity contribution in [2.24, 2.45) is 27.6 Å². The predicted octanol–water partition coefficient (Wildman–Crippen LogP) is 2.32. The maximum absolute atomic E-state index is 8.90. The number of hydrogen-bond donors (Lipinski definition) is 2. The van der Waals surface area contributed by atoms with Crippen molar-refractivity contribution in [1.82, 2.24) is 0 Å². The van der Waals surface area contributed by atoms with E-state index in [1.54, 1.807) is 0 Å². The molecule has 0 spiro atoms. The molecular formula is C10H17BrN2O. The summed E-state index contributed by atoms with van der Waals surface area (Å²) in [6.07, 6.45) is 3.38. The standard InChI is InChI=1S/C10H17BrN2O/c1-9(2)6-3-4-10(9,7(11)5-6)8(12)13-14/h6-7,14H,3-5H2,1-2H3,(H2,12,13)/t6?,7-,10?/m1/s1. The number of amidine groups is 1. The number of halogens is 1. The van der Waals surface area contributed by atoms with Gasteiger partial charge in [-0.2, -0.15) is 0 Å². The van der Waals surface area contributed by atoms with E-state index in [1.165, 1.54) is 6.42 Å². The van der Waals surface area contributed by atoms with Crippen LogP contribution in [0.1, 0.15) is 33.1 Å². The van der Waals surface area contributed by atoms with E-state index in [-0.39, 0.29) is 10.8 Å². The van der Waals surface area contributed by atoms with Gasteiger partial charge in [0.05, 0.1) is 0 Å². The Labute approximate surface area is 92.9 Å². The van der Waals surface area contributed by atoms with Gasteiger partial charge in [0.25, 0.3) is 0 Å². The SMILES string of the molecule is CC1(C)C2CCC1(/C(N)=N\O)[C@H](Br)C2. The molecule has 3 atom stereocenters. The van der Waals surface area contributed by atoms with Crippen molar-refractivity contribution >= 4 is 21.8 Å². The summed E-state index contributed by atoms with van der Waals surface area (Å²) in [7, 11) is 0. The van der Waals surface area contributed by atoms with Crippen LogP contribution in [-0.4, -0.2) is 15.9 Å². The molecule has 0 radical (unpaired) electrons. The van der Waals surface area contributed by atoms with Crippen LogP contribution in [0.4, 0.5) is 0 Å². The molecule has 80 valence electrons. The summed E-state index contributed by atoms with van der Waals surface area (Å²) in [6.45, 7) is 4.48. The number of fused-ring (bicyclic) bond motifs is 2. The van der Waals surface area contributed by atoms with E-state index in [2.05, 4.69) is 34.9 Å². The highest BCUT2D eigenvalue weighted by Gasteiger charge is 2.65. The minimum Gasteiger partial charge on any atom is -0.409 e. The molecule has 0 saturated heterocycles. The molecule has 2 saturated carbocycles. The van der Waals surface area contributed by atoms with E-state index in [4.69, 9.17) is 10.9 Å². The Balaban J connectivity index is 2.50. The van der Waals surface area contributed by atoms with Gasteiger partial charge in [-0.25, -0.2) is 0 Å². The number of rotatable bonds is 1. The van der Waals surface area contributed by atoms with Crippen LogP contribution in [0.2, 0.25) is 0 Å². The molecule has 0 aliphatic heterocycles. The van der Waals surface area contributed by atoms with E-state index in [9.17, 15) is 0 Å². The maximum Gasteiger partial charge on any atom is 0.147 e. The fourth-order valence-corrected chi connectivity index (χ4v) is 5.09. The van der Waals surface area contributed by atoms with Crippen molar-refractivity contribution in [3.8, 4) is 0 Å². The molecule has 2 bridgehead atoms. The van der Waals surface area contributed by atoms with E-state index in [1.807, 2.05) is 0 Å². The highest BCUT2D eigenvalue weighted by molar-refractivity contribution is 9.09. The minimum atomic E-state index is -0.133. The molecule has 4 heteroatoms. The lowest BCUT2D eigenvalue weighted by Crippen LogP contribution is -2.47. The van der Waals surface area contributed by atoms with E-state index >= 15 is 0 Å². The fraction of sp³-hybridized carbons (Fsp3) is 0.900. The lowest BCUT2D eigenvalue weighted by Gasteiger charge is -2.39. The average molecular weight is 261 g/mol. The lowest BCUT2D eigenvalue weighted by molar-refractivity contribution is 0.200. The third kappa shape index (κ3) is 0.904. The van der Waals surface area contributed by atoms with Crippen LogP contribution in [0.3, 0.4) is 0 Å². The zero-order chi connectivity index (χ0) is 10.6. The highest BCUT2D eigenvalue weighted by Crippen LogP contribution is 2.67. The zero-order valence-corrected chi connectivity index (χ0v) is 10.2. The first-order valence-electron chi connectivity index (χ1n) is 5.09. The molecule has 3 N–H and O–H groups in total. The highest BCUT2D eigenvalue weighted by atomic mass is 79.9. The van der Waals surface area contributed by atoms with Crippen LogP contribution < -0.4 is 5.73 Å². The molecular weight excluding hydrogens is 244 g/mol. The molecule has 3 nitrogen and oxygen atoms in total. The van der Waals surface area contributed by atoms with Gasteiger partial charge in [-0.3, -0.25) is 0 Å². The summed E-state index contributed by atoms with van der Waals surface area (Å²) in [5.41, 5.74) is 5.90. The predicted molar refractivity (Wildman–Crippen MR) is 59.7 cm³/mol. The number of alkyl halides is 1. The normalized spacial score (nSPS) is 45.8. The van der Waals surface area contributed by atoms with E-state index < -0.39 is 0 Å². The van der Waals surface area contributed by atoms with Gasteiger partial charge in [0, 0.05) is 10.2 Å². The Hall–Kier alpha value is -0.250. The first kappa shape index (κ1) is 10.3. The van der Waals surface area contributed by atoms with Gasteiger partial charge in [0.1, 0.15) is 5.84 Å². The summed E-state index contributed by atoms with van der Waals surface area (Å²) >= 11 is 3.70. The largest absolute Gasteiger partial charge is 0.409 e. The van der Waals surface area contributed by atoms with Gasteiger partial charge >= 0.3 is 0 Å². The van der Waals surface area contributed by atoms with Crippen molar-refractivity contribution in [3.63, 3.8) is 0 Å². The zero-order valence-electron chi connectivity index (χ0n) is 8.63. The summed E-state index contributed by atoms with van der Waals surface area (Å²) < 4.78 is 0. The maximum atomic E-state index is 8.90. The van der Waals surface area contributed by atoms with Crippen molar-refractivity contribution in [3.05, 3.63) is 0 Å². The van der Waals surface area contributed by atoms with Gasteiger partial charge in [0.2, 0.25) is 0 Å². The lowest BCUT2D eigenvalue weighted by atomic mass is 9.68. The Morgan fingerprint density at radius 1 is 1.57 bits per heavy atom. The van der Waals surface area contributed by atoms with Gasteiger partial charge in [-0.05, 0) is 30.6 Å². The van der Waals surface area contributed by atoms with Crippen LogP contribution in [0, 0.1) is 16.7 Å². The average Bonchev–Trinajstić information content (AvgIpc) is 2.49. The fourth-order valence-electron chi connectivity index (χ4n) is 3.58. The first-order valence-corrected chi connectivity index (χ1v) is 6.00. The number of nitrogens with zero attached hydrogens (tertiary/aromatic N) is 1. The molecule has 0 heterocycles. The Kier molecular flexibility index (Phi) is 2.11. The summed E-state index contributed by atoms with van der Waals surface area (Å²) in [5, 5.41) is 12.2.